The molecule has 0 aliphatic heterocycles. The standard InChI is InChI=1S/C11H21NO4/c1-3-12(4-2)8-9-16-11(15)7-5-6-10(13)14/h3-9H2,1-2H3,(H,13,14). The lowest BCUT2D eigenvalue weighted by Crippen LogP contribution is -2.27. The van der Waals surface area contributed by atoms with E-state index in [-0.39, 0.29) is 18.8 Å². The second-order valence-corrected chi connectivity index (χ2v) is 3.49. The average molecular weight is 231 g/mol. The minimum absolute atomic E-state index is 0.0190. The van der Waals surface area contributed by atoms with Crippen molar-refractivity contribution in [2.45, 2.75) is 33.1 Å². The van der Waals surface area contributed by atoms with Gasteiger partial charge in [0.05, 0.1) is 0 Å². The molecule has 1 N–H and O–H groups in total. The van der Waals surface area contributed by atoms with Gasteiger partial charge in [0.25, 0.3) is 0 Å². The predicted molar refractivity (Wildman–Crippen MR) is 60.2 cm³/mol. The Labute approximate surface area is 96.4 Å². The highest BCUT2D eigenvalue weighted by atomic mass is 16.5. The van der Waals surface area contributed by atoms with E-state index in [2.05, 4.69) is 18.7 Å². The molecule has 0 amide bonds. The summed E-state index contributed by atoms with van der Waals surface area (Å²) >= 11 is 0. The summed E-state index contributed by atoms with van der Waals surface area (Å²) in [5.41, 5.74) is 0. The molecule has 0 aliphatic carbocycles. The highest BCUT2D eigenvalue weighted by Gasteiger charge is 2.06. The molecular weight excluding hydrogens is 210 g/mol. The SMILES string of the molecule is CCN(CC)CCOC(=O)CCCC(=O)O. The predicted octanol–water partition coefficient (Wildman–Crippen LogP) is 1.13. The topological polar surface area (TPSA) is 66.8 Å². The van der Waals surface area contributed by atoms with Gasteiger partial charge in [-0.05, 0) is 19.5 Å². The molecule has 0 rings (SSSR count). The number of carbonyl (C=O) groups excluding carboxylic acids is 1. The molecule has 0 saturated heterocycles. The first-order chi connectivity index (χ1) is 7.60. The number of likely N-dealkylation sites (N-methyl/N-ethyl adjacent to an activating group) is 1. The van der Waals surface area contributed by atoms with E-state index in [0.29, 0.717) is 13.0 Å². The van der Waals surface area contributed by atoms with Crippen LogP contribution in [0.3, 0.4) is 0 Å². The molecule has 0 unspecified atom stereocenters. The van der Waals surface area contributed by atoms with Crippen LogP contribution in [0.15, 0.2) is 0 Å². The smallest absolute Gasteiger partial charge is 0.305 e. The first-order valence-electron chi connectivity index (χ1n) is 5.69. The van der Waals surface area contributed by atoms with Crippen molar-refractivity contribution in [3.05, 3.63) is 0 Å². The molecule has 0 aromatic rings. The molecule has 0 bridgehead atoms. The third-order valence-corrected chi connectivity index (χ3v) is 2.34. The molecule has 0 spiro atoms. The number of aliphatic carboxylic acids is 1. The highest BCUT2D eigenvalue weighted by molar-refractivity contribution is 5.71. The first-order valence-corrected chi connectivity index (χ1v) is 5.69. The number of rotatable bonds is 9. The molecule has 0 fully saturated rings. The lowest BCUT2D eigenvalue weighted by Gasteiger charge is -2.17. The summed E-state index contributed by atoms with van der Waals surface area (Å²) in [5, 5.41) is 8.38. The van der Waals surface area contributed by atoms with Crippen molar-refractivity contribution < 1.29 is 19.4 Å². The number of hydrogen-bond acceptors (Lipinski definition) is 4. The van der Waals surface area contributed by atoms with E-state index >= 15 is 0 Å². The minimum Gasteiger partial charge on any atom is -0.481 e. The quantitative estimate of drug-likeness (QED) is 0.602. The minimum atomic E-state index is -0.879. The number of carboxylic acid groups (broad SMARTS) is 1. The van der Waals surface area contributed by atoms with E-state index < -0.39 is 5.97 Å². The average Bonchev–Trinajstić information content (AvgIpc) is 2.24. The molecule has 5 heteroatoms. The van der Waals surface area contributed by atoms with Gasteiger partial charge in [-0.15, -0.1) is 0 Å². The van der Waals surface area contributed by atoms with Crippen LogP contribution in [0.4, 0.5) is 0 Å². The fourth-order valence-electron chi connectivity index (χ4n) is 1.28. The van der Waals surface area contributed by atoms with Gasteiger partial charge in [-0.25, -0.2) is 0 Å². The number of nitrogens with zero attached hydrogens (tertiary/aromatic N) is 1. The molecular formula is C11H21NO4. The van der Waals surface area contributed by atoms with Gasteiger partial charge in [0.15, 0.2) is 0 Å². The maximum absolute atomic E-state index is 11.1. The zero-order valence-corrected chi connectivity index (χ0v) is 10.1. The van der Waals surface area contributed by atoms with Crippen molar-refractivity contribution in [2.75, 3.05) is 26.2 Å². The zero-order valence-electron chi connectivity index (χ0n) is 10.1. The fourth-order valence-corrected chi connectivity index (χ4v) is 1.28. The molecule has 0 aliphatic rings. The molecule has 0 heterocycles. The van der Waals surface area contributed by atoms with E-state index in [1.165, 1.54) is 0 Å². The summed E-state index contributed by atoms with van der Waals surface area (Å²) in [6.45, 7) is 7.10. The summed E-state index contributed by atoms with van der Waals surface area (Å²) in [4.78, 5) is 23.5. The van der Waals surface area contributed by atoms with Gasteiger partial charge >= 0.3 is 11.9 Å². The number of carbonyl (C=O) groups is 2. The lowest BCUT2D eigenvalue weighted by atomic mass is 10.2. The van der Waals surface area contributed by atoms with Crippen molar-refractivity contribution in [1.82, 2.24) is 4.90 Å². The Balaban J connectivity index is 3.46. The molecule has 0 aromatic heterocycles. The number of ether oxygens (including phenoxy) is 1. The molecule has 5 nitrogen and oxygen atoms in total. The number of esters is 1. The molecule has 0 saturated carbocycles. The summed E-state index contributed by atoms with van der Waals surface area (Å²) in [6.07, 6.45) is 0.551. The largest absolute Gasteiger partial charge is 0.481 e. The zero-order chi connectivity index (χ0) is 12.4. The third-order valence-electron chi connectivity index (χ3n) is 2.34. The van der Waals surface area contributed by atoms with Gasteiger partial charge in [-0.3, -0.25) is 9.59 Å². The Kier molecular flexibility index (Phi) is 8.52. The van der Waals surface area contributed by atoms with E-state index in [4.69, 9.17) is 9.84 Å². The van der Waals surface area contributed by atoms with E-state index in [0.717, 1.165) is 19.6 Å². The van der Waals surface area contributed by atoms with E-state index in [1.807, 2.05) is 0 Å². The molecule has 0 radical (unpaired) electrons. The van der Waals surface area contributed by atoms with Gasteiger partial charge < -0.3 is 14.7 Å². The Morgan fingerprint density at radius 2 is 1.81 bits per heavy atom. The van der Waals surface area contributed by atoms with Gasteiger partial charge in [-0.2, -0.15) is 0 Å². The van der Waals surface area contributed by atoms with Crippen LogP contribution < -0.4 is 0 Å². The molecule has 94 valence electrons. The summed E-state index contributed by atoms with van der Waals surface area (Å²) in [6, 6.07) is 0. The number of carboxylic acids is 1. The van der Waals surface area contributed by atoms with Crippen LogP contribution in [0, 0.1) is 0 Å². The van der Waals surface area contributed by atoms with Crippen molar-refractivity contribution >= 4 is 11.9 Å². The van der Waals surface area contributed by atoms with Gasteiger partial charge in [0, 0.05) is 19.4 Å². The first kappa shape index (κ1) is 14.9. The summed E-state index contributed by atoms with van der Waals surface area (Å²) < 4.78 is 4.98. The monoisotopic (exact) mass is 231 g/mol. The van der Waals surface area contributed by atoms with Crippen molar-refractivity contribution in [3.8, 4) is 0 Å². The second kappa shape index (κ2) is 9.15. The van der Waals surface area contributed by atoms with Crippen LogP contribution in [0.1, 0.15) is 33.1 Å². The van der Waals surface area contributed by atoms with Gasteiger partial charge in [0.1, 0.15) is 6.61 Å². The van der Waals surface area contributed by atoms with Crippen LogP contribution in [-0.2, 0) is 14.3 Å². The third kappa shape index (κ3) is 8.23. The van der Waals surface area contributed by atoms with E-state index in [1.54, 1.807) is 0 Å². The molecule has 0 atom stereocenters. The Morgan fingerprint density at radius 3 is 2.31 bits per heavy atom. The fraction of sp³-hybridized carbons (Fsp3) is 0.818. The maximum atomic E-state index is 11.1. The normalized spacial score (nSPS) is 10.4. The highest BCUT2D eigenvalue weighted by Crippen LogP contribution is 1.98. The molecule has 0 aromatic carbocycles. The Hall–Kier alpha value is -1.10. The van der Waals surface area contributed by atoms with Crippen LogP contribution in [0.2, 0.25) is 0 Å². The van der Waals surface area contributed by atoms with Crippen molar-refractivity contribution in [2.24, 2.45) is 0 Å². The van der Waals surface area contributed by atoms with Crippen molar-refractivity contribution in [1.29, 1.82) is 0 Å². The number of hydrogen-bond donors (Lipinski definition) is 1. The van der Waals surface area contributed by atoms with Crippen LogP contribution >= 0.6 is 0 Å². The Bertz CT molecular complexity index is 214. The van der Waals surface area contributed by atoms with Crippen molar-refractivity contribution in [3.63, 3.8) is 0 Å². The van der Waals surface area contributed by atoms with Gasteiger partial charge in [-0.1, -0.05) is 13.8 Å². The maximum Gasteiger partial charge on any atom is 0.305 e. The van der Waals surface area contributed by atoms with Gasteiger partial charge in [0.2, 0.25) is 0 Å². The van der Waals surface area contributed by atoms with Crippen LogP contribution in [0.5, 0.6) is 0 Å². The van der Waals surface area contributed by atoms with E-state index in [9.17, 15) is 9.59 Å². The van der Waals surface area contributed by atoms with Crippen LogP contribution in [-0.4, -0.2) is 48.2 Å². The second-order valence-electron chi connectivity index (χ2n) is 3.49. The van der Waals surface area contributed by atoms with Crippen LogP contribution in [0.25, 0.3) is 0 Å². The molecule has 16 heavy (non-hydrogen) atoms. The lowest BCUT2D eigenvalue weighted by molar-refractivity contribution is -0.144. The Morgan fingerprint density at radius 1 is 1.19 bits per heavy atom. The summed E-state index contributed by atoms with van der Waals surface area (Å²) in [5.74, 6) is -1.19. The summed E-state index contributed by atoms with van der Waals surface area (Å²) in [7, 11) is 0.